The van der Waals surface area contributed by atoms with Gasteiger partial charge in [0.25, 0.3) is 5.91 Å². The fourth-order valence-corrected chi connectivity index (χ4v) is 2.37. The Hall–Kier alpha value is -2.29. The van der Waals surface area contributed by atoms with Crippen LogP contribution in [0.5, 0.6) is 0 Å². The fourth-order valence-electron chi connectivity index (χ4n) is 2.37. The van der Waals surface area contributed by atoms with E-state index in [9.17, 15) is 22.8 Å². The summed E-state index contributed by atoms with van der Waals surface area (Å²) in [5.74, 6) is -0.670. The minimum absolute atomic E-state index is 0.111. The zero-order valence-electron chi connectivity index (χ0n) is 12.5. The summed E-state index contributed by atoms with van der Waals surface area (Å²) in [7, 11) is 1.88. The molecule has 1 aliphatic heterocycles. The number of anilines is 1. The van der Waals surface area contributed by atoms with Gasteiger partial charge in [-0.2, -0.15) is 13.2 Å². The zero-order valence-corrected chi connectivity index (χ0v) is 12.5. The highest BCUT2D eigenvalue weighted by atomic mass is 19.4. The Morgan fingerprint density at radius 3 is 2.30 bits per heavy atom. The van der Waals surface area contributed by atoms with E-state index < -0.39 is 29.2 Å². The largest absolute Gasteiger partial charge is 0.417 e. The number of hydrogen-bond acceptors (Lipinski definition) is 3. The lowest BCUT2D eigenvalue weighted by molar-refractivity contribution is -0.138. The third-order valence-corrected chi connectivity index (χ3v) is 3.61. The second kappa shape index (κ2) is 6.45. The van der Waals surface area contributed by atoms with E-state index in [-0.39, 0.29) is 5.69 Å². The van der Waals surface area contributed by atoms with Crippen molar-refractivity contribution in [2.45, 2.75) is 6.18 Å². The highest BCUT2D eigenvalue weighted by molar-refractivity contribution is 5.97. The fraction of sp³-hybridized carbons (Fsp3) is 0.429. The highest BCUT2D eigenvalue weighted by Crippen LogP contribution is 2.34. The normalized spacial score (nSPS) is 16.3. The number of nitrogens with two attached hydrogens (primary N) is 1. The van der Waals surface area contributed by atoms with E-state index in [1.54, 1.807) is 0 Å². The van der Waals surface area contributed by atoms with E-state index in [0.29, 0.717) is 32.2 Å². The first-order valence-corrected chi connectivity index (χ1v) is 6.94. The summed E-state index contributed by atoms with van der Waals surface area (Å²) in [5.41, 5.74) is 3.27. The Bertz CT molecular complexity index is 611. The predicted molar refractivity (Wildman–Crippen MR) is 78.1 cm³/mol. The summed E-state index contributed by atoms with van der Waals surface area (Å²) in [6.45, 7) is 1.95. The van der Waals surface area contributed by atoms with Gasteiger partial charge in [-0.05, 0) is 25.2 Å². The molecule has 0 unspecified atom stereocenters. The first kappa shape index (κ1) is 17.1. The van der Waals surface area contributed by atoms with Crippen molar-refractivity contribution in [3.05, 3.63) is 29.3 Å². The molecule has 2 rings (SSSR count). The molecule has 0 spiro atoms. The van der Waals surface area contributed by atoms with E-state index in [1.807, 2.05) is 11.9 Å². The summed E-state index contributed by atoms with van der Waals surface area (Å²) < 4.78 is 39.7. The lowest BCUT2D eigenvalue weighted by Crippen LogP contribution is -2.47. The third kappa shape index (κ3) is 4.13. The van der Waals surface area contributed by atoms with Crippen LogP contribution < -0.4 is 11.1 Å². The molecule has 0 bridgehead atoms. The third-order valence-electron chi connectivity index (χ3n) is 3.61. The van der Waals surface area contributed by atoms with Crippen LogP contribution in [0.2, 0.25) is 0 Å². The molecule has 0 aromatic heterocycles. The molecule has 9 heteroatoms. The van der Waals surface area contributed by atoms with Crippen LogP contribution in [0.4, 0.5) is 23.7 Å². The van der Waals surface area contributed by atoms with Crippen LogP contribution in [0, 0.1) is 0 Å². The second-order valence-electron chi connectivity index (χ2n) is 5.34. The number of likely N-dealkylation sites (N-methyl/N-ethyl adjacent to an activating group) is 1. The summed E-state index contributed by atoms with van der Waals surface area (Å²) in [4.78, 5) is 26.6. The van der Waals surface area contributed by atoms with Crippen molar-refractivity contribution >= 4 is 17.6 Å². The van der Waals surface area contributed by atoms with E-state index in [0.717, 1.165) is 6.07 Å². The Balaban J connectivity index is 2.33. The minimum atomic E-state index is -4.72. The van der Waals surface area contributed by atoms with E-state index in [4.69, 9.17) is 5.73 Å². The summed E-state index contributed by atoms with van der Waals surface area (Å²) in [5, 5.41) is 2.08. The lowest BCUT2D eigenvalue weighted by Gasteiger charge is -2.33. The first-order valence-electron chi connectivity index (χ1n) is 6.94. The number of nitrogens with zero attached hydrogens (tertiary/aromatic N) is 2. The molecule has 0 radical (unpaired) electrons. The maximum Gasteiger partial charge on any atom is 0.417 e. The van der Waals surface area contributed by atoms with Gasteiger partial charge in [0.15, 0.2) is 0 Å². The smallest absolute Gasteiger partial charge is 0.351 e. The van der Waals surface area contributed by atoms with Gasteiger partial charge < -0.3 is 20.9 Å². The summed E-state index contributed by atoms with van der Waals surface area (Å²) >= 11 is 0. The van der Waals surface area contributed by atoms with Crippen LogP contribution in [0.3, 0.4) is 0 Å². The van der Waals surface area contributed by atoms with Gasteiger partial charge in [0.2, 0.25) is 0 Å². The molecule has 0 atom stereocenters. The Morgan fingerprint density at radius 1 is 1.17 bits per heavy atom. The van der Waals surface area contributed by atoms with Gasteiger partial charge in [0.05, 0.1) is 11.1 Å². The van der Waals surface area contributed by atoms with Crippen molar-refractivity contribution in [1.29, 1.82) is 0 Å². The van der Waals surface area contributed by atoms with Gasteiger partial charge in [0, 0.05) is 31.9 Å². The van der Waals surface area contributed by atoms with Crippen molar-refractivity contribution in [1.82, 2.24) is 9.80 Å². The van der Waals surface area contributed by atoms with Gasteiger partial charge in [0.1, 0.15) is 0 Å². The topological polar surface area (TPSA) is 78.7 Å². The maximum atomic E-state index is 13.2. The van der Waals surface area contributed by atoms with Crippen molar-refractivity contribution in [3.8, 4) is 0 Å². The number of piperazine rings is 1. The average Bonchev–Trinajstić information content (AvgIpc) is 2.46. The molecular formula is C14H17F3N4O2. The van der Waals surface area contributed by atoms with Crippen molar-refractivity contribution in [3.63, 3.8) is 0 Å². The molecule has 126 valence electrons. The number of hydrogen-bond donors (Lipinski definition) is 2. The van der Waals surface area contributed by atoms with Gasteiger partial charge in [-0.15, -0.1) is 0 Å². The van der Waals surface area contributed by atoms with Crippen LogP contribution in [0.15, 0.2) is 18.2 Å². The molecule has 1 aromatic carbocycles. The molecule has 6 nitrogen and oxygen atoms in total. The Labute approximate surface area is 131 Å². The molecule has 1 aliphatic rings. The molecule has 1 fully saturated rings. The molecule has 1 heterocycles. The van der Waals surface area contributed by atoms with Crippen LogP contribution in [-0.2, 0) is 6.18 Å². The van der Waals surface area contributed by atoms with E-state index in [1.165, 1.54) is 11.0 Å². The number of carbonyl (C=O) groups is 2. The quantitative estimate of drug-likeness (QED) is 0.864. The number of benzene rings is 1. The predicted octanol–water partition coefficient (Wildman–Crippen LogP) is 1.58. The number of amides is 3. The zero-order chi connectivity index (χ0) is 17.2. The average molecular weight is 330 g/mol. The van der Waals surface area contributed by atoms with Crippen molar-refractivity contribution in [2.75, 3.05) is 38.5 Å². The van der Waals surface area contributed by atoms with Crippen LogP contribution in [0.1, 0.15) is 15.9 Å². The van der Waals surface area contributed by atoms with Gasteiger partial charge in [-0.3, -0.25) is 4.79 Å². The van der Waals surface area contributed by atoms with Crippen LogP contribution in [-0.4, -0.2) is 55.0 Å². The van der Waals surface area contributed by atoms with E-state index >= 15 is 0 Å². The first-order chi connectivity index (χ1) is 10.7. The van der Waals surface area contributed by atoms with Crippen molar-refractivity contribution in [2.24, 2.45) is 5.73 Å². The molecule has 1 saturated heterocycles. The Kier molecular flexibility index (Phi) is 4.79. The molecule has 3 amide bonds. The molecule has 23 heavy (non-hydrogen) atoms. The van der Waals surface area contributed by atoms with Crippen molar-refractivity contribution < 1.29 is 22.8 Å². The van der Waals surface area contributed by atoms with Crippen LogP contribution in [0.25, 0.3) is 0 Å². The number of nitrogens with one attached hydrogen (secondary N) is 1. The molecule has 0 aliphatic carbocycles. The lowest BCUT2D eigenvalue weighted by atomic mass is 10.0. The van der Waals surface area contributed by atoms with E-state index in [2.05, 4.69) is 5.32 Å². The number of rotatable bonds is 2. The Morgan fingerprint density at radius 2 is 1.78 bits per heavy atom. The van der Waals surface area contributed by atoms with Gasteiger partial charge >= 0.3 is 12.2 Å². The second-order valence-corrected chi connectivity index (χ2v) is 5.34. The maximum absolute atomic E-state index is 13.2. The standard InChI is InChI=1S/C14H17F3N4O2/c1-20-4-6-21(7-5-20)12(22)10-3-2-9(19-13(18)23)8-11(10)14(15,16)17/h2-3,8H,4-7H2,1H3,(H3,18,19,23). The summed E-state index contributed by atoms with van der Waals surface area (Å²) in [6.07, 6.45) is -4.72. The number of urea groups is 1. The molecular weight excluding hydrogens is 313 g/mol. The van der Waals surface area contributed by atoms with Gasteiger partial charge in [-0.25, -0.2) is 4.79 Å². The number of halogens is 3. The monoisotopic (exact) mass is 330 g/mol. The molecule has 0 saturated carbocycles. The SMILES string of the molecule is CN1CCN(C(=O)c2ccc(NC(N)=O)cc2C(F)(F)F)CC1. The number of carbonyl (C=O) groups excluding carboxylic acids is 2. The number of alkyl halides is 3. The molecule has 3 N–H and O–H groups in total. The highest BCUT2D eigenvalue weighted by Gasteiger charge is 2.37. The van der Waals surface area contributed by atoms with Gasteiger partial charge in [-0.1, -0.05) is 0 Å². The minimum Gasteiger partial charge on any atom is -0.351 e. The summed E-state index contributed by atoms with van der Waals surface area (Å²) in [6, 6.07) is 2.03. The number of primary amides is 1. The van der Waals surface area contributed by atoms with Crippen LogP contribution >= 0.6 is 0 Å². The molecule has 1 aromatic rings.